The maximum atomic E-state index is 13.0. The molecule has 1 aromatic rings. The quantitative estimate of drug-likeness (QED) is 0.838. The summed E-state index contributed by atoms with van der Waals surface area (Å²) in [7, 11) is 0. The number of ketones is 1. The van der Waals surface area contributed by atoms with Gasteiger partial charge < -0.3 is 14.8 Å². The van der Waals surface area contributed by atoms with Gasteiger partial charge in [0.1, 0.15) is 5.56 Å². The Labute approximate surface area is 171 Å². The molecule has 0 radical (unpaired) electrons. The number of carbonyl (C=O) groups excluding carboxylic acids is 3. The van der Waals surface area contributed by atoms with E-state index in [-0.39, 0.29) is 34.5 Å². The first-order valence-electron chi connectivity index (χ1n) is 10.5. The van der Waals surface area contributed by atoms with E-state index in [1.807, 2.05) is 32.6 Å². The maximum Gasteiger partial charge on any atom is 0.261 e. The molecule has 0 aromatic carbocycles. The van der Waals surface area contributed by atoms with Gasteiger partial charge in [0.2, 0.25) is 5.91 Å². The zero-order chi connectivity index (χ0) is 21.3. The molecule has 2 heterocycles. The number of carbonyl (C=O) groups is 3. The summed E-state index contributed by atoms with van der Waals surface area (Å²) >= 11 is 0. The zero-order valence-electron chi connectivity index (χ0n) is 17.8. The van der Waals surface area contributed by atoms with Crippen molar-refractivity contribution in [3.63, 3.8) is 0 Å². The summed E-state index contributed by atoms with van der Waals surface area (Å²) in [6, 6.07) is 1.47. The van der Waals surface area contributed by atoms with Crippen LogP contribution in [0.25, 0.3) is 0 Å². The largest absolute Gasteiger partial charge is 0.343 e. The van der Waals surface area contributed by atoms with Crippen LogP contribution in [0, 0.1) is 11.3 Å². The number of nitrogens with one attached hydrogen (secondary N) is 1. The summed E-state index contributed by atoms with van der Waals surface area (Å²) in [5, 5.41) is 0. The fourth-order valence-corrected chi connectivity index (χ4v) is 4.48. The highest BCUT2D eigenvalue weighted by Crippen LogP contribution is 2.33. The van der Waals surface area contributed by atoms with Crippen molar-refractivity contribution in [1.29, 1.82) is 0 Å². The molecule has 1 aromatic heterocycles. The molecule has 1 aliphatic heterocycles. The Kier molecular flexibility index (Phi) is 5.96. The number of rotatable bonds is 4. The van der Waals surface area contributed by atoms with Crippen LogP contribution in [-0.2, 0) is 11.2 Å². The number of hydrogen-bond acceptors (Lipinski definition) is 4. The number of pyridine rings is 1. The fraction of sp³-hybridized carbons (Fsp3) is 0.636. The summed E-state index contributed by atoms with van der Waals surface area (Å²) in [5.74, 6) is -0.336. The maximum absolute atomic E-state index is 13.0. The molecule has 29 heavy (non-hydrogen) atoms. The minimum Gasteiger partial charge on any atom is -0.343 e. The predicted molar refractivity (Wildman–Crippen MR) is 110 cm³/mol. The lowest BCUT2D eigenvalue weighted by atomic mass is 9.75. The lowest BCUT2D eigenvalue weighted by molar-refractivity contribution is -0.136. The second-order valence-electron chi connectivity index (χ2n) is 8.92. The average molecular weight is 402 g/mol. The first-order valence-corrected chi connectivity index (χ1v) is 10.5. The Bertz CT molecular complexity index is 875. The minimum atomic E-state index is -0.444. The normalized spacial score (nSPS) is 19.0. The number of aromatic nitrogens is 1. The van der Waals surface area contributed by atoms with Gasteiger partial charge >= 0.3 is 0 Å². The van der Waals surface area contributed by atoms with Gasteiger partial charge in [0.05, 0.1) is 0 Å². The average Bonchev–Trinajstić information content (AvgIpc) is 2.67. The number of aromatic amines is 1. The van der Waals surface area contributed by atoms with Crippen LogP contribution < -0.4 is 5.56 Å². The highest BCUT2D eigenvalue weighted by Gasteiger charge is 2.34. The van der Waals surface area contributed by atoms with Crippen molar-refractivity contribution in [3.05, 3.63) is 33.2 Å². The van der Waals surface area contributed by atoms with E-state index in [9.17, 15) is 19.2 Å². The molecule has 0 bridgehead atoms. The summed E-state index contributed by atoms with van der Waals surface area (Å²) < 4.78 is 0. The SMILES string of the molecule is CCN(CC)C(=O)C1CCN(C(=O)c2cc3c([nH]c2=O)CC(C)(C)CC3=O)CC1. The van der Waals surface area contributed by atoms with Crippen LogP contribution in [0.4, 0.5) is 0 Å². The van der Waals surface area contributed by atoms with Crippen LogP contribution >= 0.6 is 0 Å². The molecule has 158 valence electrons. The van der Waals surface area contributed by atoms with Crippen LogP contribution in [0.5, 0.6) is 0 Å². The molecule has 2 aliphatic rings. The summed E-state index contributed by atoms with van der Waals surface area (Å²) in [6.45, 7) is 10.2. The van der Waals surface area contributed by atoms with E-state index in [2.05, 4.69) is 4.98 Å². The molecular formula is C22H31N3O4. The van der Waals surface area contributed by atoms with E-state index in [1.54, 1.807) is 4.90 Å². The molecule has 7 nitrogen and oxygen atoms in total. The van der Waals surface area contributed by atoms with Crippen molar-refractivity contribution in [2.75, 3.05) is 26.2 Å². The number of Topliss-reactive ketones (excluding diaryl/α,β-unsaturated/α-hetero) is 1. The van der Waals surface area contributed by atoms with E-state index in [0.29, 0.717) is 63.1 Å². The summed E-state index contributed by atoms with van der Waals surface area (Å²) in [6.07, 6.45) is 2.20. The summed E-state index contributed by atoms with van der Waals surface area (Å²) in [4.78, 5) is 56.8. The van der Waals surface area contributed by atoms with Crippen LogP contribution in [0.1, 0.15) is 73.4 Å². The smallest absolute Gasteiger partial charge is 0.261 e. The number of nitrogens with zero attached hydrogens (tertiary/aromatic N) is 2. The van der Waals surface area contributed by atoms with Crippen LogP contribution in [-0.4, -0.2) is 58.6 Å². The van der Waals surface area contributed by atoms with Gasteiger partial charge in [-0.3, -0.25) is 19.2 Å². The van der Waals surface area contributed by atoms with Gasteiger partial charge in [0.15, 0.2) is 5.78 Å². The number of piperidine rings is 1. The van der Waals surface area contributed by atoms with Crippen molar-refractivity contribution in [2.45, 2.75) is 53.4 Å². The van der Waals surface area contributed by atoms with Gasteiger partial charge in [-0.05, 0) is 44.6 Å². The van der Waals surface area contributed by atoms with Gasteiger partial charge in [0, 0.05) is 49.8 Å². The Hall–Kier alpha value is -2.44. The van der Waals surface area contributed by atoms with E-state index in [0.717, 1.165) is 0 Å². The monoisotopic (exact) mass is 401 g/mol. The zero-order valence-corrected chi connectivity index (χ0v) is 17.8. The number of amides is 2. The summed E-state index contributed by atoms with van der Waals surface area (Å²) in [5.41, 5.74) is 0.457. The molecular weight excluding hydrogens is 370 g/mol. The van der Waals surface area contributed by atoms with E-state index < -0.39 is 5.56 Å². The van der Waals surface area contributed by atoms with Crippen molar-refractivity contribution in [3.8, 4) is 0 Å². The third-order valence-corrected chi connectivity index (χ3v) is 6.15. The van der Waals surface area contributed by atoms with Gasteiger partial charge in [-0.25, -0.2) is 0 Å². The van der Waals surface area contributed by atoms with E-state index in [4.69, 9.17) is 0 Å². The van der Waals surface area contributed by atoms with Crippen molar-refractivity contribution in [1.82, 2.24) is 14.8 Å². The predicted octanol–water partition coefficient (Wildman–Crippen LogP) is 2.25. The molecule has 0 spiro atoms. The van der Waals surface area contributed by atoms with Gasteiger partial charge in [-0.2, -0.15) is 0 Å². The lowest BCUT2D eigenvalue weighted by Gasteiger charge is -2.34. The second-order valence-corrected chi connectivity index (χ2v) is 8.92. The number of likely N-dealkylation sites (tertiary alicyclic amines) is 1. The first-order chi connectivity index (χ1) is 13.7. The first kappa shape index (κ1) is 21.3. The van der Waals surface area contributed by atoms with Crippen LogP contribution in [0.15, 0.2) is 10.9 Å². The molecule has 1 aliphatic carbocycles. The second kappa shape index (κ2) is 8.13. The molecule has 3 rings (SSSR count). The molecule has 0 saturated carbocycles. The molecule has 1 N–H and O–H groups in total. The molecule has 1 fully saturated rings. The standard InChI is InChI=1S/C22H31N3O4/c1-5-24(6-2)20(28)14-7-9-25(10-8-14)21(29)16-11-15-17(23-19(16)27)12-22(3,4)13-18(15)26/h11,14H,5-10,12-13H2,1-4H3,(H,23,27). The fourth-order valence-electron chi connectivity index (χ4n) is 4.48. The molecule has 1 saturated heterocycles. The minimum absolute atomic E-state index is 0.0188. The number of hydrogen-bond donors (Lipinski definition) is 1. The van der Waals surface area contributed by atoms with Gasteiger partial charge in [-0.1, -0.05) is 13.8 Å². The van der Waals surface area contributed by atoms with Crippen molar-refractivity contribution >= 4 is 17.6 Å². The Morgan fingerprint density at radius 3 is 2.34 bits per heavy atom. The number of H-pyrrole nitrogens is 1. The topological polar surface area (TPSA) is 90.6 Å². The Morgan fingerprint density at radius 1 is 1.14 bits per heavy atom. The van der Waals surface area contributed by atoms with Crippen molar-refractivity contribution in [2.24, 2.45) is 11.3 Å². The van der Waals surface area contributed by atoms with Gasteiger partial charge in [-0.15, -0.1) is 0 Å². The number of fused-ring (bicyclic) bond motifs is 1. The lowest BCUT2D eigenvalue weighted by Crippen LogP contribution is -2.45. The molecule has 7 heteroatoms. The highest BCUT2D eigenvalue weighted by atomic mass is 16.2. The van der Waals surface area contributed by atoms with E-state index in [1.165, 1.54) is 6.07 Å². The molecule has 2 amide bonds. The van der Waals surface area contributed by atoms with Crippen molar-refractivity contribution < 1.29 is 14.4 Å². The van der Waals surface area contributed by atoms with E-state index >= 15 is 0 Å². The third-order valence-electron chi connectivity index (χ3n) is 6.15. The molecule has 0 unspecified atom stereocenters. The highest BCUT2D eigenvalue weighted by molar-refractivity contribution is 6.02. The molecule has 0 atom stereocenters. The van der Waals surface area contributed by atoms with Crippen LogP contribution in [0.2, 0.25) is 0 Å². The third kappa shape index (κ3) is 4.28. The van der Waals surface area contributed by atoms with Gasteiger partial charge in [0.25, 0.3) is 11.5 Å². The Balaban J connectivity index is 1.74. The Morgan fingerprint density at radius 2 is 1.76 bits per heavy atom. The van der Waals surface area contributed by atoms with Crippen LogP contribution in [0.3, 0.4) is 0 Å².